The summed E-state index contributed by atoms with van der Waals surface area (Å²) in [7, 11) is 0. The lowest BCUT2D eigenvalue weighted by molar-refractivity contribution is -0.129. The molecule has 0 atom stereocenters. The highest BCUT2D eigenvalue weighted by molar-refractivity contribution is 6.04. The number of aromatic nitrogens is 2. The highest BCUT2D eigenvalue weighted by atomic mass is 16.2. The second-order valence-corrected chi connectivity index (χ2v) is 6.87. The Morgan fingerprint density at radius 1 is 1.00 bits per heavy atom. The van der Waals surface area contributed by atoms with Gasteiger partial charge in [-0.3, -0.25) is 9.59 Å². The topological polar surface area (TPSA) is 78.4 Å². The number of benzene rings is 1. The minimum absolute atomic E-state index is 0.0854. The van der Waals surface area contributed by atoms with Gasteiger partial charge in [-0.15, -0.1) is 0 Å². The highest BCUT2D eigenvalue weighted by Gasteiger charge is 2.21. The second kappa shape index (κ2) is 7.73. The van der Waals surface area contributed by atoms with Crippen molar-refractivity contribution in [1.82, 2.24) is 14.9 Å². The standard InChI is InChI=1S/C20H25N5O2/c1-13-6-5-7-14(2)19(13)23-20(27)17-12-18(22-15(3)21-17)25-10-8-24(9-11-25)16(4)26/h5-7,12H,8-11H2,1-4H3,(H,23,27). The Labute approximate surface area is 159 Å². The summed E-state index contributed by atoms with van der Waals surface area (Å²) < 4.78 is 0. The summed E-state index contributed by atoms with van der Waals surface area (Å²) >= 11 is 0. The van der Waals surface area contributed by atoms with Crippen molar-refractivity contribution in [2.75, 3.05) is 36.4 Å². The Morgan fingerprint density at radius 3 is 2.22 bits per heavy atom. The van der Waals surface area contributed by atoms with Gasteiger partial charge < -0.3 is 15.1 Å². The molecule has 1 aromatic heterocycles. The van der Waals surface area contributed by atoms with E-state index in [1.807, 2.05) is 36.9 Å². The van der Waals surface area contributed by atoms with Crippen LogP contribution in [0.1, 0.15) is 34.4 Å². The third-order valence-electron chi connectivity index (χ3n) is 4.83. The number of carbonyl (C=O) groups excluding carboxylic acids is 2. The molecule has 1 fully saturated rings. The van der Waals surface area contributed by atoms with Crippen molar-refractivity contribution in [3.63, 3.8) is 0 Å². The maximum absolute atomic E-state index is 12.8. The van der Waals surface area contributed by atoms with Crippen LogP contribution in [0.25, 0.3) is 0 Å². The highest BCUT2D eigenvalue weighted by Crippen LogP contribution is 2.21. The van der Waals surface area contributed by atoms with Gasteiger partial charge in [0.2, 0.25) is 5.91 Å². The van der Waals surface area contributed by atoms with Crippen LogP contribution in [-0.4, -0.2) is 52.9 Å². The van der Waals surface area contributed by atoms with Gasteiger partial charge in [-0.1, -0.05) is 18.2 Å². The predicted octanol–water partition coefficient (Wildman–Crippen LogP) is 2.32. The van der Waals surface area contributed by atoms with E-state index in [0.29, 0.717) is 37.7 Å². The van der Waals surface area contributed by atoms with Gasteiger partial charge in [0.25, 0.3) is 5.91 Å². The molecular formula is C20H25N5O2. The third-order valence-corrected chi connectivity index (χ3v) is 4.83. The van der Waals surface area contributed by atoms with E-state index >= 15 is 0 Å². The fourth-order valence-corrected chi connectivity index (χ4v) is 3.27. The monoisotopic (exact) mass is 367 g/mol. The molecule has 2 aromatic rings. The first kappa shape index (κ1) is 18.8. The first-order chi connectivity index (χ1) is 12.8. The van der Waals surface area contributed by atoms with Crippen molar-refractivity contribution in [3.05, 3.63) is 46.9 Å². The van der Waals surface area contributed by atoms with Gasteiger partial charge in [0.15, 0.2) is 0 Å². The van der Waals surface area contributed by atoms with E-state index < -0.39 is 0 Å². The zero-order valence-electron chi connectivity index (χ0n) is 16.2. The lowest BCUT2D eigenvalue weighted by Gasteiger charge is -2.35. The maximum Gasteiger partial charge on any atom is 0.274 e. The smallest absolute Gasteiger partial charge is 0.274 e. The third kappa shape index (κ3) is 4.24. The molecule has 0 bridgehead atoms. The molecule has 0 saturated carbocycles. The van der Waals surface area contributed by atoms with Crippen molar-refractivity contribution in [2.24, 2.45) is 0 Å². The number of aryl methyl sites for hydroxylation is 3. The van der Waals surface area contributed by atoms with Crippen LogP contribution in [0, 0.1) is 20.8 Å². The largest absolute Gasteiger partial charge is 0.353 e. The van der Waals surface area contributed by atoms with E-state index in [0.717, 1.165) is 22.6 Å². The number of piperazine rings is 1. The number of nitrogens with zero attached hydrogens (tertiary/aromatic N) is 4. The Bertz CT molecular complexity index is 852. The number of anilines is 2. The lowest BCUT2D eigenvalue weighted by Crippen LogP contribution is -2.48. The number of carbonyl (C=O) groups is 2. The molecule has 1 aliphatic heterocycles. The van der Waals surface area contributed by atoms with E-state index in [4.69, 9.17) is 0 Å². The molecule has 7 heteroatoms. The number of hydrogen-bond acceptors (Lipinski definition) is 5. The SMILES string of the molecule is CC(=O)N1CCN(c2cc(C(=O)Nc3c(C)cccc3C)nc(C)n2)CC1. The fourth-order valence-electron chi connectivity index (χ4n) is 3.27. The minimum atomic E-state index is -0.249. The summed E-state index contributed by atoms with van der Waals surface area (Å²) in [5, 5.41) is 2.97. The first-order valence-electron chi connectivity index (χ1n) is 9.09. The van der Waals surface area contributed by atoms with Gasteiger partial charge in [-0.25, -0.2) is 9.97 Å². The van der Waals surface area contributed by atoms with Crippen molar-refractivity contribution in [3.8, 4) is 0 Å². The van der Waals surface area contributed by atoms with Crippen molar-refractivity contribution in [1.29, 1.82) is 0 Å². The fraction of sp³-hybridized carbons (Fsp3) is 0.400. The molecule has 0 radical (unpaired) electrons. The summed E-state index contributed by atoms with van der Waals surface area (Å²) in [6, 6.07) is 7.62. The van der Waals surface area contributed by atoms with Crippen LogP contribution in [0.15, 0.2) is 24.3 Å². The molecule has 2 amide bonds. The average molecular weight is 367 g/mol. The number of nitrogens with one attached hydrogen (secondary N) is 1. The van der Waals surface area contributed by atoms with Gasteiger partial charge in [0, 0.05) is 44.9 Å². The molecule has 1 aliphatic rings. The summed E-state index contributed by atoms with van der Waals surface area (Å²) in [5.74, 6) is 1.11. The zero-order chi connectivity index (χ0) is 19.6. The Kier molecular flexibility index (Phi) is 5.39. The molecule has 1 N–H and O–H groups in total. The van der Waals surface area contributed by atoms with Gasteiger partial charge in [-0.2, -0.15) is 0 Å². The molecule has 3 rings (SSSR count). The van der Waals surface area contributed by atoms with Crippen LogP contribution in [0.4, 0.5) is 11.5 Å². The van der Waals surface area contributed by atoms with Crippen molar-refractivity contribution >= 4 is 23.3 Å². The van der Waals surface area contributed by atoms with Gasteiger partial charge in [-0.05, 0) is 31.9 Å². The quantitative estimate of drug-likeness (QED) is 0.901. The normalized spacial score (nSPS) is 14.2. The zero-order valence-corrected chi connectivity index (χ0v) is 16.2. The van der Waals surface area contributed by atoms with E-state index in [1.165, 1.54) is 0 Å². The number of para-hydroxylation sites is 1. The van der Waals surface area contributed by atoms with E-state index in [1.54, 1.807) is 19.9 Å². The summed E-state index contributed by atoms with van der Waals surface area (Å²) in [4.78, 5) is 37.0. The van der Waals surface area contributed by atoms with Crippen LogP contribution < -0.4 is 10.2 Å². The molecule has 0 spiro atoms. The maximum atomic E-state index is 12.8. The summed E-state index contributed by atoms with van der Waals surface area (Å²) in [6.07, 6.45) is 0. The van der Waals surface area contributed by atoms with Crippen LogP contribution in [-0.2, 0) is 4.79 Å². The van der Waals surface area contributed by atoms with Gasteiger partial charge in [0.1, 0.15) is 17.3 Å². The lowest BCUT2D eigenvalue weighted by atomic mass is 10.1. The Hall–Kier alpha value is -2.96. The van der Waals surface area contributed by atoms with Gasteiger partial charge >= 0.3 is 0 Å². The number of amides is 2. The Morgan fingerprint density at radius 2 is 1.63 bits per heavy atom. The molecule has 1 aromatic carbocycles. The molecule has 142 valence electrons. The molecular weight excluding hydrogens is 342 g/mol. The van der Waals surface area contributed by atoms with E-state index in [9.17, 15) is 9.59 Å². The van der Waals surface area contributed by atoms with E-state index in [2.05, 4.69) is 20.2 Å². The summed E-state index contributed by atoms with van der Waals surface area (Å²) in [6.45, 7) is 9.99. The number of hydrogen-bond donors (Lipinski definition) is 1. The predicted molar refractivity (Wildman–Crippen MR) is 105 cm³/mol. The van der Waals surface area contributed by atoms with Gasteiger partial charge in [0.05, 0.1) is 0 Å². The Balaban J connectivity index is 1.79. The van der Waals surface area contributed by atoms with E-state index in [-0.39, 0.29) is 11.8 Å². The molecule has 1 saturated heterocycles. The molecule has 2 heterocycles. The van der Waals surface area contributed by atoms with Crippen LogP contribution >= 0.6 is 0 Å². The molecule has 27 heavy (non-hydrogen) atoms. The molecule has 7 nitrogen and oxygen atoms in total. The molecule has 0 aliphatic carbocycles. The summed E-state index contributed by atoms with van der Waals surface area (Å²) in [5.41, 5.74) is 3.17. The molecule has 0 unspecified atom stereocenters. The van der Waals surface area contributed by atoms with Crippen LogP contribution in [0.3, 0.4) is 0 Å². The van der Waals surface area contributed by atoms with Crippen LogP contribution in [0.2, 0.25) is 0 Å². The van der Waals surface area contributed by atoms with Crippen molar-refractivity contribution < 1.29 is 9.59 Å². The number of rotatable bonds is 3. The second-order valence-electron chi connectivity index (χ2n) is 6.87. The van der Waals surface area contributed by atoms with Crippen LogP contribution in [0.5, 0.6) is 0 Å². The average Bonchev–Trinajstić information content (AvgIpc) is 2.64. The van der Waals surface area contributed by atoms with Crippen molar-refractivity contribution in [2.45, 2.75) is 27.7 Å². The first-order valence-corrected chi connectivity index (χ1v) is 9.09. The minimum Gasteiger partial charge on any atom is -0.353 e.